The summed E-state index contributed by atoms with van der Waals surface area (Å²) < 4.78 is 0.919. The van der Waals surface area contributed by atoms with Crippen molar-refractivity contribution in [2.75, 3.05) is 23.7 Å². The molecule has 0 aliphatic heterocycles. The first-order chi connectivity index (χ1) is 11.6. The Labute approximate surface area is 148 Å². The van der Waals surface area contributed by atoms with Gasteiger partial charge in [0.1, 0.15) is 5.82 Å². The van der Waals surface area contributed by atoms with Crippen LogP contribution in [0.3, 0.4) is 0 Å². The fraction of sp³-hybridized carbons (Fsp3) is 0.118. The summed E-state index contributed by atoms with van der Waals surface area (Å²) in [5, 5.41) is 8.14. The minimum absolute atomic E-state index is 0.0305. The number of carbonyl (C=O) groups is 2. The molecule has 0 bridgehead atoms. The molecular formula is C17H15BrN4O2. The lowest BCUT2D eigenvalue weighted by atomic mass is 10.2. The van der Waals surface area contributed by atoms with Crippen molar-refractivity contribution >= 4 is 39.2 Å². The van der Waals surface area contributed by atoms with E-state index in [1.807, 2.05) is 12.1 Å². The Hall–Kier alpha value is -2.85. The zero-order valence-electron chi connectivity index (χ0n) is 12.7. The van der Waals surface area contributed by atoms with Gasteiger partial charge in [-0.3, -0.25) is 9.59 Å². The molecule has 0 spiro atoms. The molecule has 6 nitrogen and oxygen atoms in total. The highest BCUT2D eigenvalue weighted by Crippen LogP contribution is 2.17. The molecule has 0 aliphatic rings. The van der Waals surface area contributed by atoms with E-state index in [9.17, 15) is 9.59 Å². The van der Waals surface area contributed by atoms with E-state index in [-0.39, 0.29) is 24.9 Å². The van der Waals surface area contributed by atoms with Crippen molar-refractivity contribution in [1.82, 2.24) is 10.3 Å². The number of hydrogen-bond donors (Lipinski definition) is 3. The number of carbonyl (C=O) groups excluding carboxylic acids is 2. The van der Waals surface area contributed by atoms with Crippen LogP contribution in [-0.4, -0.2) is 29.9 Å². The van der Waals surface area contributed by atoms with E-state index in [2.05, 4.69) is 42.8 Å². The second-order valence-electron chi connectivity index (χ2n) is 4.69. The van der Waals surface area contributed by atoms with E-state index < -0.39 is 0 Å². The summed E-state index contributed by atoms with van der Waals surface area (Å²) in [4.78, 5) is 28.1. The van der Waals surface area contributed by atoms with E-state index in [0.717, 1.165) is 4.47 Å². The second-order valence-corrected chi connectivity index (χ2v) is 5.61. The van der Waals surface area contributed by atoms with Gasteiger partial charge in [-0.25, -0.2) is 4.98 Å². The molecule has 0 saturated carbocycles. The maximum atomic E-state index is 12.4. The van der Waals surface area contributed by atoms with Gasteiger partial charge in [-0.2, -0.15) is 0 Å². The van der Waals surface area contributed by atoms with Crippen LogP contribution in [0.5, 0.6) is 0 Å². The predicted molar refractivity (Wildman–Crippen MR) is 96.7 cm³/mol. The molecule has 0 fully saturated rings. The fourth-order valence-corrected chi connectivity index (χ4v) is 2.10. The van der Waals surface area contributed by atoms with Crippen molar-refractivity contribution in [1.29, 1.82) is 0 Å². The van der Waals surface area contributed by atoms with Crippen molar-refractivity contribution in [2.45, 2.75) is 0 Å². The molecule has 1 heterocycles. The number of benzene rings is 1. The highest BCUT2D eigenvalue weighted by molar-refractivity contribution is 9.10. The number of terminal acetylenes is 1. The number of nitrogens with zero attached hydrogens (tertiary/aromatic N) is 1. The quantitative estimate of drug-likeness (QED) is 0.664. The van der Waals surface area contributed by atoms with Gasteiger partial charge < -0.3 is 16.0 Å². The molecule has 0 radical (unpaired) electrons. The first kappa shape index (κ1) is 17.5. The highest BCUT2D eigenvalue weighted by atomic mass is 79.9. The summed E-state index contributed by atoms with van der Waals surface area (Å²) in [5.41, 5.74) is 0.995. The molecule has 0 unspecified atom stereocenters. The average Bonchev–Trinajstić information content (AvgIpc) is 2.60. The normalized spacial score (nSPS) is 9.67. The molecule has 3 N–H and O–H groups in total. The number of halogens is 1. The zero-order valence-corrected chi connectivity index (χ0v) is 14.3. The van der Waals surface area contributed by atoms with Crippen LogP contribution in [0.2, 0.25) is 0 Å². The molecule has 24 heavy (non-hydrogen) atoms. The lowest BCUT2D eigenvalue weighted by molar-refractivity contribution is -0.119. The Morgan fingerprint density at radius 2 is 1.96 bits per heavy atom. The summed E-state index contributed by atoms with van der Waals surface area (Å²) in [6, 6.07) is 10.5. The van der Waals surface area contributed by atoms with Crippen molar-refractivity contribution in [3.8, 4) is 12.3 Å². The summed E-state index contributed by atoms with van der Waals surface area (Å²) in [5.74, 6) is 2.04. The maximum Gasteiger partial charge on any atom is 0.259 e. The standard InChI is InChI=1S/C17H15BrN4O2/c1-2-9-19-15(23)11-21-16-14(4-3-10-20-16)17(24)22-13-7-5-12(18)6-8-13/h1,3-8,10H,9,11H2,(H,19,23)(H,20,21)(H,22,24). The highest BCUT2D eigenvalue weighted by Gasteiger charge is 2.13. The number of aromatic nitrogens is 1. The molecule has 122 valence electrons. The Morgan fingerprint density at radius 3 is 2.67 bits per heavy atom. The first-order valence-corrected chi connectivity index (χ1v) is 7.85. The SMILES string of the molecule is C#CCNC(=O)CNc1ncccc1C(=O)Nc1ccc(Br)cc1. The molecule has 1 aromatic heterocycles. The van der Waals surface area contributed by atoms with Crippen LogP contribution in [0.25, 0.3) is 0 Å². The van der Waals surface area contributed by atoms with Crippen LogP contribution in [0.4, 0.5) is 11.5 Å². The van der Waals surface area contributed by atoms with Gasteiger partial charge in [0.05, 0.1) is 18.7 Å². The lowest BCUT2D eigenvalue weighted by Gasteiger charge is -2.11. The summed E-state index contributed by atoms with van der Waals surface area (Å²) in [7, 11) is 0. The third-order valence-electron chi connectivity index (χ3n) is 2.96. The van der Waals surface area contributed by atoms with E-state index >= 15 is 0 Å². The van der Waals surface area contributed by atoms with Gasteiger partial charge in [0, 0.05) is 16.4 Å². The van der Waals surface area contributed by atoms with Gasteiger partial charge in [0.25, 0.3) is 5.91 Å². The lowest BCUT2D eigenvalue weighted by Crippen LogP contribution is -2.30. The van der Waals surface area contributed by atoms with Crippen molar-refractivity contribution in [3.05, 3.63) is 52.6 Å². The van der Waals surface area contributed by atoms with Gasteiger partial charge in [-0.05, 0) is 36.4 Å². The van der Waals surface area contributed by atoms with Gasteiger partial charge in [-0.1, -0.05) is 21.9 Å². The van der Waals surface area contributed by atoms with Gasteiger partial charge in [0.2, 0.25) is 5.91 Å². The fourth-order valence-electron chi connectivity index (χ4n) is 1.84. The smallest absolute Gasteiger partial charge is 0.259 e. The van der Waals surface area contributed by atoms with E-state index in [1.165, 1.54) is 6.20 Å². The van der Waals surface area contributed by atoms with E-state index in [4.69, 9.17) is 6.42 Å². The molecule has 7 heteroatoms. The van der Waals surface area contributed by atoms with Crippen LogP contribution in [-0.2, 0) is 4.79 Å². The number of amides is 2. The minimum atomic E-state index is -0.322. The van der Waals surface area contributed by atoms with Crippen LogP contribution in [0.15, 0.2) is 47.1 Å². The minimum Gasteiger partial charge on any atom is -0.360 e. The number of pyridine rings is 1. The molecule has 2 rings (SSSR count). The van der Waals surface area contributed by atoms with E-state index in [1.54, 1.807) is 24.3 Å². The van der Waals surface area contributed by atoms with Crippen LogP contribution in [0.1, 0.15) is 10.4 Å². The monoisotopic (exact) mass is 386 g/mol. The molecule has 0 saturated heterocycles. The first-order valence-electron chi connectivity index (χ1n) is 7.06. The molecular weight excluding hydrogens is 372 g/mol. The van der Waals surface area contributed by atoms with Gasteiger partial charge >= 0.3 is 0 Å². The van der Waals surface area contributed by atoms with Gasteiger partial charge in [-0.15, -0.1) is 6.42 Å². The number of rotatable bonds is 6. The maximum absolute atomic E-state index is 12.4. The molecule has 2 aromatic rings. The number of hydrogen-bond acceptors (Lipinski definition) is 4. The largest absolute Gasteiger partial charge is 0.360 e. The molecule has 0 aliphatic carbocycles. The molecule has 1 aromatic carbocycles. The van der Waals surface area contributed by atoms with E-state index in [0.29, 0.717) is 17.1 Å². The Morgan fingerprint density at radius 1 is 1.21 bits per heavy atom. The summed E-state index contributed by atoms with van der Waals surface area (Å²) in [6.07, 6.45) is 6.62. The molecule has 0 atom stereocenters. The van der Waals surface area contributed by atoms with Crippen molar-refractivity contribution in [3.63, 3.8) is 0 Å². The van der Waals surface area contributed by atoms with Crippen LogP contribution < -0.4 is 16.0 Å². The topological polar surface area (TPSA) is 83.1 Å². The summed E-state index contributed by atoms with van der Waals surface area (Å²) >= 11 is 3.34. The third kappa shape index (κ3) is 5.11. The van der Waals surface area contributed by atoms with Crippen LogP contribution in [0, 0.1) is 12.3 Å². The van der Waals surface area contributed by atoms with Crippen molar-refractivity contribution in [2.24, 2.45) is 0 Å². The third-order valence-corrected chi connectivity index (χ3v) is 3.49. The van der Waals surface area contributed by atoms with Crippen molar-refractivity contribution < 1.29 is 9.59 Å². The summed E-state index contributed by atoms with van der Waals surface area (Å²) in [6.45, 7) is 0.122. The number of nitrogens with one attached hydrogen (secondary N) is 3. The Balaban J connectivity index is 2.04. The van der Waals surface area contributed by atoms with Gasteiger partial charge in [0.15, 0.2) is 0 Å². The van der Waals surface area contributed by atoms with Crippen LogP contribution >= 0.6 is 15.9 Å². The second kappa shape index (κ2) is 8.70. The molecule has 2 amide bonds. The zero-order chi connectivity index (χ0) is 17.4. The Kier molecular flexibility index (Phi) is 6.34. The average molecular weight is 387 g/mol. The number of anilines is 2. The predicted octanol–water partition coefficient (Wildman–Crippen LogP) is 2.26. The Bertz CT molecular complexity index is 769.